The number of rotatable bonds is 0. The van der Waals surface area contributed by atoms with Crippen molar-refractivity contribution in [3.05, 3.63) is 0 Å². The molecule has 0 aromatic rings. The van der Waals surface area contributed by atoms with E-state index in [4.69, 9.17) is 4.74 Å². The van der Waals surface area contributed by atoms with Gasteiger partial charge in [-0.3, -0.25) is 0 Å². The van der Waals surface area contributed by atoms with Crippen LogP contribution in [0.1, 0.15) is 33.6 Å². The molecule has 15 heavy (non-hydrogen) atoms. The summed E-state index contributed by atoms with van der Waals surface area (Å²) in [6.07, 6.45) is 2.24. The fourth-order valence-electron chi connectivity index (χ4n) is 2.36. The van der Waals surface area contributed by atoms with Crippen LogP contribution in [0.3, 0.4) is 0 Å². The van der Waals surface area contributed by atoms with E-state index < -0.39 is 0 Å². The van der Waals surface area contributed by atoms with Gasteiger partial charge in [-0.2, -0.15) is 0 Å². The molecule has 3 nitrogen and oxygen atoms in total. The number of nitrogens with zero attached hydrogens (tertiary/aromatic N) is 1. The number of alkyl halides is 1. The van der Waals surface area contributed by atoms with E-state index in [9.17, 15) is 4.79 Å². The predicted molar refractivity (Wildman–Crippen MR) is 62.2 cm³/mol. The first kappa shape index (κ1) is 11.2. The summed E-state index contributed by atoms with van der Waals surface area (Å²) in [7, 11) is 0. The monoisotopic (exact) mass is 275 g/mol. The molecule has 1 aliphatic heterocycles. The Bertz CT molecular complexity index is 271. The lowest BCUT2D eigenvalue weighted by molar-refractivity contribution is -0.0652. The highest BCUT2D eigenvalue weighted by atomic mass is 79.9. The Kier molecular flexibility index (Phi) is 2.53. The van der Waals surface area contributed by atoms with Crippen LogP contribution in [0.4, 0.5) is 4.79 Å². The number of hydrogen-bond donors (Lipinski definition) is 0. The Morgan fingerprint density at radius 2 is 1.93 bits per heavy atom. The molecule has 1 saturated carbocycles. The van der Waals surface area contributed by atoms with Crippen LogP contribution in [-0.4, -0.2) is 34.5 Å². The molecular formula is C11H18BrNO2. The van der Waals surface area contributed by atoms with Gasteiger partial charge in [0.2, 0.25) is 0 Å². The smallest absolute Gasteiger partial charge is 0.410 e. The van der Waals surface area contributed by atoms with Gasteiger partial charge < -0.3 is 9.64 Å². The Morgan fingerprint density at radius 1 is 1.40 bits per heavy atom. The molecule has 1 heterocycles. The molecule has 0 atom stereocenters. The van der Waals surface area contributed by atoms with Crippen LogP contribution in [0.5, 0.6) is 0 Å². The lowest BCUT2D eigenvalue weighted by atomic mass is 9.63. The fourth-order valence-corrected chi connectivity index (χ4v) is 3.73. The summed E-state index contributed by atoms with van der Waals surface area (Å²) in [6, 6.07) is 0. The highest BCUT2D eigenvalue weighted by Gasteiger charge is 2.53. The molecule has 0 N–H and O–H groups in total. The number of carbonyl (C=O) groups excluding carboxylic acids is 1. The lowest BCUT2D eigenvalue weighted by Crippen LogP contribution is -2.64. The molecule has 2 fully saturated rings. The van der Waals surface area contributed by atoms with Gasteiger partial charge in [0, 0.05) is 23.3 Å². The average molecular weight is 276 g/mol. The minimum atomic E-state index is -0.378. The van der Waals surface area contributed by atoms with Gasteiger partial charge in [-0.15, -0.1) is 0 Å². The molecule has 86 valence electrons. The third kappa shape index (κ3) is 2.30. The van der Waals surface area contributed by atoms with Crippen LogP contribution in [0.25, 0.3) is 0 Å². The molecular weight excluding hydrogens is 258 g/mol. The van der Waals surface area contributed by atoms with E-state index in [-0.39, 0.29) is 11.7 Å². The van der Waals surface area contributed by atoms with Crippen molar-refractivity contribution in [3.8, 4) is 0 Å². The van der Waals surface area contributed by atoms with Crippen LogP contribution in [0, 0.1) is 5.41 Å². The minimum absolute atomic E-state index is 0.161. The molecule has 0 aromatic heterocycles. The summed E-state index contributed by atoms with van der Waals surface area (Å²) in [6.45, 7) is 7.46. The van der Waals surface area contributed by atoms with E-state index in [0.29, 0.717) is 10.2 Å². The molecule has 2 aliphatic rings. The topological polar surface area (TPSA) is 29.5 Å². The maximum absolute atomic E-state index is 11.6. The van der Waals surface area contributed by atoms with Crippen molar-refractivity contribution in [2.45, 2.75) is 44.0 Å². The van der Waals surface area contributed by atoms with E-state index in [1.165, 1.54) is 12.8 Å². The second-order valence-corrected chi connectivity index (χ2v) is 7.14. The average Bonchev–Trinajstić information content (AvgIpc) is 1.89. The Labute approximate surface area is 99.3 Å². The maximum Gasteiger partial charge on any atom is 0.410 e. The molecule has 1 spiro atoms. The second-order valence-electron chi connectivity index (χ2n) is 5.84. The standard InChI is InChI=1S/C11H18BrNO2/c1-10(2,3)15-9(14)13-6-11(7-13)4-8(12)5-11/h8H,4-7H2,1-3H3. The van der Waals surface area contributed by atoms with Crippen molar-refractivity contribution < 1.29 is 9.53 Å². The molecule has 4 heteroatoms. The van der Waals surface area contributed by atoms with E-state index in [0.717, 1.165) is 13.1 Å². The number of ether oxygens (including phenoxy) is 1. The van der Waals surface area contributed by atoms with Crippen molar-refractivity contribution in [2.24, 2.45) is 5.41 Å². The van der Waals surface area contributed by atoms with Gasteiger partial charge in [0.25, 0.3) is 0 Å². The summed E-state index contributed by atoms with van der Waals surface area (Å²) >= 11 is 3.58. The first-order chi connectivity index (χ1) is 6.80. The number of halogens is 1. The molecule has 0 radical (unpaired) electrons. The van der Waals surface area contributed by atoms with Crippen molar-refractivity contribution in [1.29, 1.82) is 0 Å². The Hall–Kier alpha value is -0.250. The summed E-state index contributed by atoms with van der Waals surface area (Å²) < 4.78 is 5.31. The molecule has 0 aromatic carbocycles. The fraction of sp³-hybridized carbons (Fsp3) is 0.909. The highest BCUT2D eigenvalue weighted by molar-refractivity contribution is 9.09. The largest absolute Gasteiger partial charge is 0.444 e. The molecule has 1 amide bonds. The second kappa shape index (κ2) is 3.37. The Morgan fingerprint density at radius 3 is 2.33 bits per heavy atom. The summed E-state index contributed by atoms with van der Waals surface area (Å²) in [5.41, 5.74) is 0.0441. The normalized spacial score (nSPS) is 24.7. The third-order valence-corrected chi connectivity index (χ3v) is 3.66. The summed E-state index contributed by atoms with van der Waals surface area (Å²) in [4.78, 5) is 14.1. The zero-order chi connectivity index (χ0) is 11.3. The molecule has 2 rings (SSSR count). The van der Waals surface area contributed by atoms with E-state index >= 15 is 0 Å². The highest BCUT2D eigenvalue weighted by Crippen LogP contribution is 2.51. The van der Waals surface area contributed by atoms with E-state index in [1.807, 2.05) is 25.7 Å². The van der Waals surface area contributed by atoms with Crippen LogP contribution in [0.2, 0.25) is 0 Å². The third-order valence-electron chi connectivity index (χ3n) is 3.01. The zero-order valence-electron chi connectivity index (χ0n) is 9.55. The van der Waals surface area contributed by atoms with Crippen molar-refractivity contribution in [3.63, 3.8) is 0 Å². The van der Waals surface area contributed by atoms with Crippen molar-refractivity contribution in [2.75, 3.05) is 13.1 Å². The number of likely N-dealkylation sites (tertiary alicyclic amines) is 1. The van der Waals surface area contributed by atoms with Gasteiger partial charge >= 0.3 is 6.09 Å². The van der Waals surface area contributed by atoms with Crippen LogP contribution in [0.15, 0.2) is 0 Å². The van der Waals surface area contributed by atoms with Gasteiger partial charge in [0.1, 0.15) is 5.60 Å². The molecule has 0 bridgehead atoms. The lowest BCUT2D eigenvalue weighted by Gasteiger charge is -2.57. The van der Waals surface area contributed by atoms with Gasteiger partial charge in [0.05, 0.1) is 0 Å². The Balaban J connectivity index is 1.77. The minimum Gasteiger partial charge on any atom is -0.444 e. The van der Waals surface area contributed by atoms with Gasteiger partial charge in [-0.1, -0.05) is 15.9 Å². The quantitative estimate of drug-likeness (QED) is 0.637. The number of amides is 1. The first-order valence-corrected chi connectivity index (χ1v) is 6.33. The van der Waals surface area contributed by atoms with Gasteiger partial charge in [-0.05, 0) is 33.6 Å². The molecule has 1 saturated heterocycles. The predicted octanol–water partition coefficient (Wildman–Crippen LogP) is 2.78. The van der Waals surface area contributed by atoms with Crippen LogP contribution >= 0.6 is 15.9 Å². The van der Waals surface area contributed by atoms with E-state index in [2.05, 4.69) is 15.9 Å². The SMILES string of the molecule is CC(C)(C)OC(=O)N1CC2(CC(Br)C2)C1. The number of carbonyl (C=O) groups is 1. The first-order valence-electron chi connectivity index (χ1n) is 5.42. The molecule has 1 aliphatic carbocycles. The zero-order valence-corrected chi connectivity index (χ0v) is 11.1. The van der Waals surface area contributed by atoms with Crippen LogP contribution in [-0.2, 0) is 4.74 Å². The summed E-state index contributed by atoms with van der Waals surface area (Å²) in [5, 5.41) is 0. The van der Waals surface area contributed by atoms with Gasteiger partial charge in [0.15, 0.2) is 0 Å². The van der Waals surface area contributed by atoms with E-state index in [1.54, 1.807) is 0 Å². The van der Waals surface area contributed by atoms with Crippen molar-refractivity contribution in [1.82, 2.24) is 4.90 Å². The van der Waals surface area contributed by atoms with Crippen molar-refractivity contribution >= 4 is 22.0 Å². The summed E-state index contributed by atoms with van der Waals surface area (Å²) in [5.74, 6) is 0. The molecule has 0 unspecified atom stereocenters. The maximum atomic E-state index is 11.6. The van der Waals surface area contributed by atoms with Crippen LogP contribution < -0.4 is 0 Å². The van der Waals surface area contributed by atoms with Gasteiger partial charge in [-0.25, -0.2) is 4.79 Å². The number of hydrogen-bond acceptors (Lipinski definition) is 2.